The fourth-order valence-corrected chi connectivity index (χ4v) is 2.06. The number of hydrogen-bond donors (Lipinski definition) is 1. The fourth-order valence-electron chi connectivity index (χ4n) is 2.06. The summed E-state index contributed by atoms with van der Waals surface area (Å²) in [5, 5.41) is 3.12. The van der Waals surface area contributed by atoms with Gasteiger partial charge in [0.15, 0.2) is 0 Å². The van der Waals surface area contributed by atoms with Crippen molar-refractivity contribution >= 4 is 0 Å². The zero-order chi connectivity index (χ0) is 10.3. The molecule has 0 saturated heterocycles. The van der Waals surface area contributed by atoms with E-state index in [0.29, 0.717) is 29.7 Å². The van der Waals surface area contributed by atoms with Crippen LogP contribution in [0.15, 0.2) is 6.07 Å². The predicted molar refractivity (Wildman–Crippen MR) is 51.2 cm³/mol. The van der Waals surface area contributed by atoms with Crippen molar-refractivity contribution in [2.24, 2.45) is 0 Å². The van der Waals surface area contributed by atoms with Crippen molar-refractivity contribution in [3.05, 3.63) is 34.4 Å². The molecule has 1 atom stereocenters. The van der Waals surface area contributed by atoms with Gasteiger partial charge in [0, 0.05) is 11.6 Å². The summed E-state index contributed by atoms with van der Waals surface area (Å²) < 4.78 is 27.2. The van der Waals surface area contributed by atoms with Gasteiger partial charge in [0.2, 0.25) is 0 Å². The molecule has 0 saturated carbocycles. The van der Waals surface area contributed by atoms with Crippen molar-refractivity contribution in [3.8, 4) is 0 Å². The van der Waals surface area contributed by atoms with E-state index in [1.165, 1.54) is 6.07 Å². The highest BCUT2D eigenvalue weighted by atomic mass is 19.1. The van der Waals surface area contributed by atoms with E-state index in [4.69, 9.17) is 0 Å². The highest BCUT2D eigenvalue weighted by Crippen LogP contribution is 2.29. The minimum absolute atomic E-state index is 0.0890. The molecule has 1 aromatic rings. The summed E-state index contributed by atoms with van der Waals surface area (Å²) in [5.41, 5.74) is 1.45. The first-order chi connectivity index (χ1) is 6.61. The normalized spacial score (nSPS) is 20.7. The van der Waals surface area contributed by atoms with Crippen molar-refractivity contribution < 1.29 is 8.78 Å². The Labute approximate surface area is 82.1 Å². The van der Waals surface area contributed by atoms with Crippen molar-refractivity contribution in [1.82, 2.24) is 5.32 Å². The van der Waals surface area contributed by atoms with E-state index in [-0.39, 0.29) is 17.7 Å². The highest BCUT2D eigenvalue weighted by Gasteiger charge is 2.23. The Kier molecular flexibility index (Phi) is 2.27. The molecule has 0 radical (unpaired) electrons. The first-order valence-electron chi connectivity index (χ1n) is 4.82. The number of fused-ring (bicyclic) bond motifs is 1. The molecule has 0 aromatic heterocycles. The first kappa shape index (κ1) is 9.59. The molecule has 3 heteroatoms. The highest BCUT2D eigenvalue weighted by molar-refractivity contribution is 5.38. The molecule has 0 amide bonds. The Balaban J connectivity index is 2.66. The van der Waals surface area contributed by atoms with Crippen LogP contribution in [0.2, 0.25) is 0 Å². The summed E-state index contributed by atoms with van der Waals surface area (Å²) >= 11 is 0. The summed E-state index contributed by atoms with van der Waals surface area (Å²) in [5.74, 6) is -0.534. The average molecular weight is 197 g/mol. The molecule has 0 spiro atoms. The van der Waals surface area contributed by atoms with Crippen LogP contribution in [-0.4, -0.2) is 6.54 Å². The van der Waals surface area contributed by atoms with Gasteiger partial charge in [0.1, 0.15) is 11.6 Å². The lowest BCUT2D eigenvalue weighted by Gasteiger charge is -2.25. The predicted octanol–water partition coefficient (Wildman–Crippen LogP) is 2.48. The lowest BCUT2D eigenvalue weighted by atomic mass is 9.92. The maximum absolute atomic E-state index is 13.6. The average Bonchev–Trinajstić information content (AvgIpc) is 2.14. The number of benzene rings is 1. The molecule has 0 fully saturated rings. The Morgan fingerprint density at radius 3 is 2.86 bits per heavy atom. The molecule has 0 aliphatic carbocycles. The minimum Gasteiger partial charge on any atom is -0.310 e. The third-order valence-corrected chi connectivity index (χ3v) is 2.80. The third kappa shape index (κ3) is 1.32. The molecule has 1 heterocycles. The molecule has 76 valence electrons. The summed E-state index contributed by atoms with van der Waals surface area (Å²) in [7, 11) is 0. The zero-order valence-corrected chi connectivity index (χ0v) is 8.32. The fraction of sp³-hybridized carbons (Fsp3) is 0.455. The Hall–Kier alpha value is -0.960. The molecule has 1 nitrogen and oxygen atoms in total. The van der Waals surface area contributed by atoms with Crippen LogP contribution in [0.3, 0.4) is 0 Å². The molecule has 1 N–H and O–H groups in total. The summed E-state index contributed by atoms with van der Waals surface area (Å²) in [6, 6.07) is 1.19. The van der Waals surface area contributed by atoms with Crippen LogP contribution >= 0.6 is 0 Å². The second-order valence-corrected chi connectivity index (χ2v) is 3.81. The number of rotatable bonds is 0. The van der Waals surface area contributed by atoms with Crippen molar-refractivity contribution in [1.29, 1.82) is 0 Å². The van der Waals surface area contributed by atoms with Gasteiger partial charge < -0.3 is 5.32 Å². The first-order valence-corrected chi connectivity index (χ1v) is 4.82. The van der Waals surface area contributed by atoms with Gasteiger partial charge in [-0.05, 0) is 44.0 Å². The Morgan fingerprint density at radius 1 is 1.43 bits per heavy atom. The van der Waals surface area contributed by atoms with Gasteiger partial charge in [0.25, 0.3) is 0 Å². The molecule has 2 rings (SSSR count). The van der Waals surface area contributed by atoms with E-state index in [0.717, 1.165) is 0 Å². The van der Waals surface area contributed by atoms with Crippen LogP contribution in [0.5, 0.6) is 0 Å². The molecular weight excluding hydrogens is 184 g/mol. The van der Waals surface area contributed by atoms with Gasteiger partial charge in [-0.3, -0.25) is 0 Å². The monoisotopic (exact) mass is 197 g/mol. The molecule has 1 aliphatic rings. The molecule has 1 aliphatic heterocycles. The second-order valence-electron chi connectivity index (χ2n) is 3.81. The van der Waals surface area contributed by atoms with E-state index < -0.39 is 0 Å². The van der Waals surface area contributed by atoms with Gasteiger partial charge in [0.05, 0.1) is 0 Å². The smallest absolute Gasteiger partial charge is 0.129 e. The summed E-state index contributed by atoms with van der Waals surface area (Å²) in [4.78, 5) is 0. The van der Waals surface area contributed by atoms with E-state index in [1.807, 2.05) is 6.92 Å². The SMILES string of the molecule is Cc1cc(F)c2c(c1F)CCNC2C. The minimum atomic E-state index is -0.293. The summed E-state index contributed by atoms with van der Waals surface area (Å²) in [6.07, 6.45) is 0.574. The lowest BCUT2D eigenvalue weighted by molar-refractivity contribution is 0.475. The van der Waals surface area contributed by atoms with Crippen LogP contribution < -0.4 is 5.32 Å². The topological polar surface area (TPSA) is 12.0 Å². The molecule has 1 unspecified atom stereocenters. The largest absolute Gasteiger partial charge is 0.310 e. The lowest BCUT2D eigenvalue weighted by Crippen LogP contribution is -2.29. The van der Waals surface area contributed by atoms with Crippen molar-refractivity contribution in [3.63, 3.8) is 0 Å². The second kappa shape index (κ2) is 3.31. The van der Waals surface area contributed by atoms with Gasteiger partial charge in [-0.2, -0.15) is 0 Å². The van der Waals surface area contributed by atoms with E-state index >= 15 is 0 Å². The van der Waals surface area contributed by atoms with E-state index in [1.54, 1.807) is 6.92 Å². The standard InChI is InChI=1S/C11H13F2N/c1-6-5-9(12)10-7(2)14-4-3-8(10)11(6)13/h5,7,14H,3-4H2,1-2H3. The van der Waals surface area contributed by atoms with Crippen LogP contribution in [-0.2, 0) is 6.42 Å². The van der Waals surface area contributed by atoms with E-state index in [9.17, 15) is 8.78 Å². The molecule has 1 aromatic carbocycles. The molecule has 14 heavy (non-hydrogen) atoms. The number of aryl methyl sites for hydroxylation is 1. The number of halogens is 2. The maximum Gasteiger partial charge on any atom is 0.129 e. The van der Waals surface area contributed by atoms with Crippen LogP contribution in [0, 0.1) is 18.6 Å². The Morgan fingerprint density at radius 2 is 2.14 bits per heavy atom. The quantitative estimate of drug-likeness (QED) is 0.673. The van der Waals surface area contributed by atoms with Crippen LogP contribution in [0.1, 0.15) is 29.7 Å². The van der Waals surface area contributed by atoms with E-state index in [2.05, 4.69) is 5.32 Å². The van der Waals surface area contributed by atoms with Gasteiger partial charge >= 0.3 is 0 Å². The zero-order valence-electron chi connectivity index (χ0n) is 8.32. The number of nitrogens with one attached hydrogen (secondary N) is 1. The molecular formula is C11H13F2N. The third-order valence-electron chi connectivity index (χ3n) is 2.80. The van der Waals surface area contributed by atoms with Gasteiger partial charge in [-0.1, -0.05) is 0 Å². The van der Waals surface area contributed by atoms with Gasteiger partial charge in [-0.25, -0.2) is 8.78 Å². The van der Waals surface area contributed by atoms with Crippen molar-refractivity contribution in [2.45, 2.75) is 26.3 Å². The summed E-state index contributed by atoms with van der Waals surface area (Å²) in [6.45, 7) is 4.18. The van der Waals surface area contributed by atoms with Crippen LogP contribution in [0.4, 0.5) is 8.78 Å². The number of hydrogen-bond acceptors (Lipinski definition) is 1. The Bertz CT molecular complexity index is 374. The molecule has 0 bridgehead atoms. The van der Waals surface area contributed by atoms with Gasteiger partial charge in [-0.15, -0.1) is 0 Å². The van der Waals surface area contributed by atoms with Crippen molar-refractivity contribution in [2.75, 3.05) is 6.54 Å². The maximum atomic E-state index is 13.6. The van der Waals surface area contributed by atoms with Crippen LogP contribution in [0.25, 0.3) is 0 Å².